The van der Waals surface area contributed by atoms with E-state index in [2.05, 4.69) is 70.4 Å². The molecule has 1 aliphatic rings. The van der Waals surface area contributed by atoms with E-state index >= 15 is 0 Å². The van der Waals surface area contributed by atoms with E-state index in [0.717, 1.165) is 12.1 Å². The van der Waals surface area contributed by atoms with E-state index in [1.54, 1.807) is 4.57 Å². The second-order valence-electron chi connectivity index (χ2n) is 13.6. The van der Waals surface area contributed by atoms with E-state index in [-0.39, 0.29) is 23.3 Å². The number of nitrogens with zero attached hydrogens (tertiary/aromatic N) is 5. The second-order valence-corrected chi connectivity index (χ2v) is 13.6. The summed E-state index contributed by atoms with van der Waals surface area (Å²) in [7, 11) is 0. The molecule has 0 unspecified atom stereocenters. The Morgan fingerprint density at radius 2 is 1.77 bits per heavy atom. The smallest absolute Gasteiger partial charge is 0.319 e. The number of hydrogen-bond donors (Lipinski definition) is 5. The number of benzene rings is 1. The fourth-order valence-corrected chi connectivity index (χ4v) is 5.68. The Balaban J connectivity index is 1.28. The first-order valence-corrected chi connectivity index (χ1v) is 16.7. The molecule has 3 aromatic rings. The molecular formula is C34H52N8O5. The van der Waals surface area contributed by atoms with E-state index in [9.17, 15) is 19.8 Å². The summed E-state index contributed by atoms with van der Waals surface area (Å²) in [4.78, 5) is 39.6. The molecule has 47 heavy (non-hydrogen) atoms. The summed E-state index contributed by atoms with van der Waals surface area (Å²) in [5.41, 5.74) is 2.97. The monoisotopic (exact) mass is 652 g/mol. The number of rotatable bonds is 16. The van der Waals surface area contributed by atoms with Gasteiger partial charge >= 0.3 is 6.03 Å². The zero-order chi connectivity index (χ0) is 34.1. The van der Waals surface area contributed by atoms with Crippen LogP contribution in [0.25, 0.3) is 11.2 Å². The first-order valence-electron chi connectivity index (χ1n) is 16.7. The summed E-state index contributed by atoms with van der Waals surface area (Å²) in [6.07, 6.45) is 2.44. The molecular weight excluding hydrogens is 600 g/mol. The maximum absolute atomic E-state index is 12.5. The molecule has 258 valence electrons. The van der Waals surface area contributed by atoms with Crippen LogP contribution in [0.3, 0.4) is 0 Å². The number of aliphatic hydroxyl groups excluding tert-OH is 2. The number of hydrogen-bond acceptors (Lipinski definition) is 10. The molecule has 0 radical (unpaired) electrons. The lowest BCUT2D eigenvalue weighted by Crippen LogP contribution is -2.44. The van der Waals surface area contributed by atoms with Gasteiger partial charge in [-0.1, -0.05) is 39.8 Å². The van der Waals surface area contributed by atoms with Gasteiger partial charge in [-0.2, -0.15) is 0 Å². The number of carbonyl (C=O) groups is 2. The van der Waals surface area contributed by atoms with E-state index < -0.39 is 24.5 Å². The van der Waals surface area contributed by atoms with Crippen LogP contribution in [0.1, 0.15) is 85.4 Å². The van der Waals surface area contributed by atoms with Crippen LogP contribution in [0.2, 0.25) is 0 Å². The van der Waals surface area contributed by atoms with Gasteiger partial charge in [-0.15, -0.1) is 0 Å². The van der Waals surface area contributed by atoms with Crippen molar-refractivity contribution in [3.63, 3.8) is 0 Å². The van der Waals surface area contributed by atoms with E-state index in [1.165, 1.54) is 18.2 Å². The summed E-state index contributed by atoms with van der Waals surface area (Å²) < 4.78 is 7.86. The highest BCUT2D eigenvalue weighted by molar-refractivity contribution is 5.89. The normalized spacial score (nSPS) is 19.9. The average Bonchev–Trinajstić information content (AvgIpc) is 3.57. The average molecular weight is 653 g/mol. The molecule has 4 rings (SSSR count). The predicted molar refractivity (Wildman–Crippen MR) is 182 cm³/mol. The van der Waals surface area contributed by atoms with Crippen molar-refractivity contribution in [2.24, 2.45) is 0 Å². The molecule has 1 aliphatic heterocycles. The standard InChI is InChI=1S/C34H52N8O5/c1-7-10-25(43)11-8-16-35-30-27-31(38-20-37-30)42(21-39-27)32-29(45)28(44)26(47-32)19-41(22(2)3)18-9-17-36-33(46)40-24-14-12-23(13-15-24)34(4,5)6/h12-15,20-22,26,28-29,32,44-45H,7-11,16-19H2,1-6H3,(H,35,37,38)(H2,36,40,46)/t26-,28-,29-,32-/m1/s1. The molecule has 13 nitrogen and oxygen atoms in total. The topological polar surface area (TPSA) is 167 Å². The Labute approximate surface area is 277 Å². The van der Waals surface area contributed by atoms with Gasteiger partial charge in [-0.3, -0.25) is 14.3 Å². The third-order valence-corrected chi connectivity index (χ3v) is 8.49. The van der Waals surface area contributed by atoms with Crippen LogP contribution < -0.4 is 16.0 Å². The van der Waals surface area contributed by atoms with Gasteiger partial charge in [0.05, 0.1) is 6.33 Å². The van der Waals surface area contributed by atoms with Gasteiger partial charge in [0.25, 0.3) is 0 Å². The van der Waals surface area contributed by atoms with Crippen molar-refractivity contribution in [1.82, 2.24) is 29.7 Å². The molecule has 4 atom stereocenters. The van der Waals surface area contributed by atoms with Crippen molar-refractivity contribution in [2.75, 3.05) is 36.8 Å². The van der Waals surface area contributed by atoms with Crippen LogP contribution in [0, 0.1) is 0 Å². The molecule has 1 saturated heterocycles. The molecule has 13 heteroatoms. The van der Waals surface area contributed by atoms with Crippen LogP contribution in [-0.4, -0.2) is 97.0 Å². The Morgan fingerprint density at radius 3 is 2.45 bits per heavy atom. The third-order valence-electron chi connectivity index (χ3n) is 8.49. The Bertz CT molecular complexity index is 1450. The molecule has 1 fully saturated rings. The van der Waals surface area contributed by atoms with Gasteiger partial charge in [0, 0.05) is 50.7 Å². The van der Waals surface area contributed by atoms with Crippen molar-refractivity contribution in [3.8, 4) is 0 Å². The number of aromatic nitrogens is 4. The zero-order valence-electron chi connectivity index (χ0n) is 28.6. The number of carbonyl (C=O) groups excluding carboxylic acids is 2. The minimum atomic E-state index is -1.19. The second kappa shape index (κ2) is 16.4. The molecule has 0 saturated carbocycles. The number of ketones is 1. The number of imidazole rings is 1. The lowest BCUT2D eigenvalue weighted by Gasteiger charge is -2.30. The predicted octanol–water partition coefficient (Wildman–Crippen LogP) is 4.23. The zero-order valence-corrected chi connectivity index (χ0v) is 28.6. The van der Waals surface area contributed by atoms with Crippen LogP contribution in [0.15, 0.2) is 36.9 Å². The number of fused-ring (bicyclic) bond motifs is 1. The van der Waals surface area contributed by atoms with Crippen molar-refractivity contribution in [3.05, 3.63) is 42.5 Å². The van der Waals surface area contributed by atoms with E-state index in [0.29, 0.717) is 68.8 Å². The summed E-state index contributed by atoms with van der Waals surface area (Å²) in [5, 5.41) is 31.0. The largest absolute Gasteiger partial charge is 0.387 e. The highest BCUT2D eigenvalue weighted by Crippen LogP contribution is 2.33. The fraction of sp³-hybridized carbons (Fsp3) is 0.618. The van der Waals surface area contributed by atoms with E-state index in [1.807, 2.05) is 31.2 Å². The third kappa shape index (κ3) is 9.69. The van der Waals surface area contributed by atoms with Gasteiger partial charge < -0.3 is 30.9 Å². The number of nitrogens with one attached hydrogen (secondary N) is 3. The van der Waals surface area contributed by atoms with Crippen LogP contribution in [0.4, 0.5) is 16.3 Å². The van der Waals surface area contributed by atoms with Gasteiger partial charge in [-0.25, -0.2) is 19.7 Å². The summed E-state index contributed by atoms with van der Waals surface area (Å²) in [6, 6.07) is 7.75. The van der Waals surface area contributed by atoms with Crippen LogP contribution in [0.5, 0.6) is 0 Å². The number of anilines is 2. The number of Topliss-reactive ketones (excluding diaryl/α,β-unsaturated/α-hetero) is 1. The van der Waals surface area contributed by atoms with Crippen LogP contribution in [-0.2, 0) is 14.9 Å². The minimum absolute atomic E-state index is 0.0457. The number of amides is 2. The van der Waals surface area contributed by atoms with Gasteiger partial charge in [0.2, 0.25) is 0 Å². The molecule has 0 spiro atoms. The molecule has 0 bridgehead atoms. The van der Waals surface area contributed by atoms with E-state index in [4.69, 9.17) is 4.74 Å². The van der Waals surface area contributed by atoms with Gasteiger partial charge in [-0.05, 0) is 56.2 Å². The first kappa shape index (κ1) is 36.2. The highest BCUT2D eigenvalue weighted by Gasteiger charge is 2.45. The highest BCUT2D eigenvalue weighted by atomic mass is 16.6. The van der Waals surface area contributed by atoms with Crippen molar-refractivity contribution in [1.29, 1.82) is 0 Å². The number of urea groups is 1. The minimum Gasteiger partial charge on any atom is -0.387 e. The van der Waals surface area contributed by atoms with Gasteiger partial charge in [0.15, 0.2) is 23.2 Å². The lowest BCUT2D eigenvalue weighted by molar-refractivity contribution is -0.119. The summed E-state index contributed by atoms with van der Waals surface area (Å²) >= 11 is 0. The Hall–Kier alpha value is -3.65. The van der Waals surface area contributed by atoms with Crippen molar-refractivity contribution in [2.45, 2.75) is 110 Å². The van der Waals surface area contributed by atoms with Gasteiger partial charge in [0.1, 0.15) is 30.4 Å². The molecule has 2 aromatic heterocycles. The summed E-state index contributed by atoms with van der Waals surface area (Å²) in [5.74, 6) is 0.786. The SMILES string of the molecule is CCCC(=O)CCCNc1ncnc2c1ncn2[C@@H]1O[C@H](CN(CCCNC(=O)Nc2ccc(C(C)(C)C)cc2)C(C)C)[C@@H](O)[C@H]1O. The summed E-state index contributed by atoms with van der Waals surface area (Å²) in [6.45, 7) is 14.7. The molecule has 3 heterocycles. The first-order chi connectivity index (χ1) is 22.4. The Morgan fingerprint density at radius 1 is 1.02 bits per heavy atom. The number of aliphatic hydroxyl groups is 2. The molecule has 0 aliphatic carbocycles. The Kier molecular flexibility index (Phi) is 12.7. The van der Waals surface area contributed by atoms with Crippen LogP contribution >= 0.6 is 0 Å². The number of ether oxygens (including phenoxy) is 1. The molecule has 1 aromatic carbocycles. The maximum Gasteiger partial charge on any atom is 0.319 e. The lowest BCUT2D eigenvalue weighted by atomic mass is 9.87. The molecule has 5 N–H and O–H groups in total. The van der Waals surface area contributed by atoms with Crippen molar-refractivity contribution >= 4 is 34.5 Å². The molecule has 2 amide bonds. The quantitative estimate of drug-likeness (QED) is 0.141. The maximum atomic E-state index is 12.5. The fourth-order valence-electron chi connectivity index (χ4n) is 5.68. The van der Waals surface area contributed by atoms with Crippen molar-refractivity contribution < 1.29 is 24.5 Å².